The Bertz CT molecular complexity index is 697. The fourth-order valence-corrected chi connectivity index (χ4v) is 3.54. The Morgan fingerprint density at radius 1 is 1.15 bits per heavy atom. The van der Waals surface area contributed by atoms with E-state index >= 15 is 0 Å². The zero-order valence-electron chi connectivity index (χ0n) is 14.9. The van der Waals surface area contributed by atoms with Gasteiger partial charge in [0.05, 0.1) is 33.8 Å². The van der Waals surface area contributed by atoms with Crippen molar-refractivity contribution in [1.29, 1.82) is 0 Å². The van der Waals surface area contributed by atoms with Crippen LogP contribution in [0.5, 0.6) is 0 Å². The number of benzene rings is 1. The highest BCUT2D eigenvalue weighted by molar-refractivity contribution is 7.84. The number of likely N-dealkylation sites (tertiary alicyclic amines) is 1. The molecule has 7 nitrogen and oxygen atoms in total. The van der Waals surface area contributed by atoms with E-state index in [4.69, 9.17) is 9.47 Å². The van der Waals surface area contributed by atoms with Gasteiger partial charge in [0.15, 0.2) is 6.61 Å². The molecule has 0 saturated carbocycles. The predicted molar refractivity (Wildman–Crippen MR) is 95.0 cm³/mol. The summed E-state index contributed by atoms with van der Waals surface area (Å²) in [5.41, 5.74) is 0.196. The van der Waals surface area contributed by atoms with E-state index in [9.17, 15) is 18.6 Å². The fraction of sp³-hybridized carbons (Fsp3) is 0.500. The lowest BCUT2D eigenvalue weighted by molar-refractivity contribution is -0.151. The number of carbonyl (C=O) groups excluding carboxylic acids is 3. The van der Waals surface area contributed by atoms with Gasteiger partial charge in [0.25, 0.3) is 5.91 Å². The molecule has 0 radical (unpaired) electrons. The molecule has 0 aliphatic carbocycles. The van der Waals surface area contributed by atoms with E-state index in [1.54, 1.807) is 30.0 Å². The number of nitrogens with zero attached hydrogens (tertiary/aromatic N) is 1. The van der Waals surface area contributed by atoms with Gasteiger partial charge in [-0.25, -0.2) is 4.79 Å². The van der Waals surface area contributed by atoms with Crippen molar-refractivity contribution in [2.45, 2.75) is 24.7 Å². The summed E-state index contributed by atoms with van der Waals surface area (Å²) in [5, 5.41) is 0. The maximum atomic E-state index is 12.2. The Morgan fingerprint density at radius 3 is 2.42 bits per heavy atom. The van der Waals surface area contributed by atoms with Crippen LogP contribution in [0.1, 0.15) is 30.1 Å². The van der Waals surface area contributed by atoms with Gasteiger partial charge in [0.1, 0.15) is 0 Å². The van der Waals surface area contributed by atoms with Crippen LogP contribution in [0.25, 0.3) is 0 Å². The Hall–Kier alpha value is -2.22. The lowest BCUT2D eigenvalue weighted by Gasteiger charge is -2.30. The van der Waals surface area contributed by atoms with Crippen LogP contribution >= 0.6 is 0 Å². The molecule has 1 aliphatic rings. The van der Waals surface area contributed by atoms with Crippen LogP contribution < -0.4 is 0 Å². The lowest BCUT2D eigenvalue weighted by atomic mass is 9.97. The van der Waals surface area contributed by atoms with Crippen LogP contribution in [0.15, 0.2) is 29.2 Å². The minimum Gasteiger partial charge on any atom is -0.466 e. The molecule has 1 aromatic rings. The van der Waals surface area contributed by atoms with Gasteiger partial charge in [-0.2, -0.15) is 0 Å². The van der Waals surface area contributed by atoms with Crippen molar-refractivity contribution < 1.29 is 28.1 Å². The molecule has 0 bridgehead atoms. The highest BCUT2D eigenvalue weighted by Gasteiger charge is 2.28. The van der Waals surface area contributed by atoms with Gasteiger partial charge in [-0.05, 0) is 31.9 Å². The largest absolute Gasteiger partial charge is 0.466 e. The fourth-order valence-electron chi connectivity index (χ4n) is 2.81. The van der Waals surface area contributed by atoms with E-state index in [0.29, 0.717) is 37.4 Å². The van der Waals surface area contributed by atoms with Crippen molar-refractivity contribution in [1.82, 2.24) is 4.90 Å². The van der Waals surface area contributed by atoms with E-state index in [1.165, 1.54) is 12.3 Å². The first kappa shape index (κ1) is 20.1. The summed E-state index contributed by atoms with van der Waals surface area (Å²) >= 11 is 0. The van der Waals surface area contributed by atoms with Crippen LogP contribution in [0.3, 0.4) is 0 Å². The summed E-state index contributed by atoms with van der Waals surface area (Å²) in [6.07, 6.45) is 2.55. The zero-order chi connectivity index (χ0) is 19.1. The third kappa shape index (κ3) is 5.14. The molecule has 1 atom stereocenters. The molecule has 1 saturated heterocycles. The SMILES string of the molecule is CCOC(=O)C1CCN(C(=O)COC(=O)c2ccccc2[S@](C)=O)CC1. The summed E-state index contributed by atoms with van der Waals surface area (Å²) in [6, 6.07) is 6.45. The van der Waals surface area contributed by atoms with Crippen molar-refractivity contribution in [3.8, 4) is 0 Å². The van der Waals surface area contributed by atoms with Gasteiger partial charge in [-0.1, -0.05) is 12.1 Å². The Balaban J connectivity index is 1.85. The molecule has 1 heterocycles. The van der Waals surface area contributed by atoms with Crippen LogP contribution in [0, 0.1) is 5.92 Å². The number of carbonyl (C=O) groups is 3. The molecule has 1 fully saturated rings. The molecule has 8 heteroatoms. The third-order valence-corrected chi connectivity index (χ3v) is 5.19. The number of esters is 2. The van der Waals surface area contributed by atoms with Crippen LogP contribution in [0.4, 0.5) is 0 Å². The summed E-state index contributed by atoms with van der Waals surface area (Å²) in [6.45, 7) is 2.58. The average Bonchev–Trinajstić information content (AvgIpc) is 2.66. The smallest absolute Gasteiger partial charge is 0.339 e. The molecular formula is C18H23NO6S. The standard InChI is InChI=1S/C18H23NO6S/c1-3-24-17(21)13-8-10-19(11-9-13)16(20)12-25-18(22)14-6-4-5-7-15(14)26(2)23/h4-7,13H,3,8-12H2,1-2H3/t26-/m0/s1. The lowest BCUT2D eigenvalue weighted by Crippen LogP contribution is -2.42. The van der Waals surface area contributed by atoms with E-state index in [-0.39, 0.29) is 30.0 Å². The molecule has 142 valence electrons. The summed E-state index contributed by atoms with van der Waals surface area (Å²) in [7, 11) is -1.33. The molecule has 0 N–H and O–H groups in total. The molecule has 0 spiro atoms. The Morgan fingerprint density at radius 2 is 1.81 bits per heavy atom. The van der Waals surface area contributed by atoms with E-state index in [2.05, 4.69) is 0 Å². The second-order valence-electron chi connectivity index (χ2n) is 5.93. The minimum absolute atomic E-state index is 0.187. The summed E-state index contributed by atoms with van der Waals surface area (Å²) in [4.78, 5) is 38.1. The monoisotopic (exact) mass is 381 g/mol. The number of hydrogen-bond donors (Lipinski definition) is 0. The highest BCUT2D eigenvalue weighted by Crippen LogP contribution is 2.19. The van der Waals surface area contributed by atoms with E-state index < -0.39 is 16.8 Å². The Labute approximate surface area is 155 Å². The van der Waals surface area contributed by atoms with Crippen molar-refractivity contribution in [2.75, 3.05) is 32.6 Å². The summed E-state index contributed by atoms with van der Waals surface area (Å²) < 4.78 is 21.8. The first-order valence-corrected chi connectivity index (χ1v) is 10.0. The first-order chi connectivity index (χ1) is 12.4. The van der Waals surface area contributed by atoms with Gasteiger partial charge in [-0.15, -0.1) is 0 Å². The Kier molecular flexibility index (Phi) is 7.32. The van der Waals surface area contributed by atoms with Gasteiger partial charge in [-0.3, -0.25) is 13.8 Å². The normalized spacial score (nSPS) is 16.0. The van der Waals surface area contributed by atoms with Crippen LogP contribution in [-0.2, 0) is 29.9 Å². The van der Waals surface area contributed by atoms with E-state index in [1.807, 2.05) is 0 Å². The minimum atomic E-state index is -1.33. The molecule has 26 heavy (non-hydrogen) atoms. The quantitative estimate of drug-likeness (QED) is 0.692. The van der Waals surface area contributed by atoms with Gasteiger partial charge < -0.3 is 14.4 Å². The molecule has 1 aromatic carbocycles. The molecule has 0 aromatic heterocycles. The van der Waals surface area contributed by atoms with Gasteiger partial charge in [0, 0.05) is 19.3 Å². The number of amides is 1. The van der Waals surface area contributed by atoms with Crippen molar-refractivity contribution in [2.24, 2.45) is 5.92 Å². The molecule has 1 amide bonds. The van der Waals surface area contributed by atoms with E-state index in [0.717, 1.165) is 0 Å². The van der Waals surface area contributed by atoms with Gasteiger partial charge in [0.2, 0.25) is 0 Å². The first-order valence-electron chi connectivity index (χ1n) is 8.48. The molecule has 2 rings (SSSR count). The van der Waals surface area contributed by atoms with Crippen molar-refractivity contribution in [3.05, 3.63) is 29.8 Å². The maximum Gasteiger partial charge on any atom is 0.339 e. The summed E-state index contributed by atoms with van der Waals surface area (Å²) in [5.74, 6) is -1.40. The predicted octanol–water partition coefficient (Wildman–Crippen LogP) is 1.38. The number of hydrogen-bond acceptors (Lipinski definition) is 6. The highest BCUT2D eigenvalue weighted by atomic mass is 32.2. The third-order valence-electron chi connectivity index (χ3n) is 4.21. The molecule has 1 aliphatic heterocycles. The second-order valence-corrected chi connectivity index (χ2v) is 7.28. The van der Waals surface area contributed by atoms with Crippen molar-refractivity contribution >= 4 is 28.6 Å². The molecular weight excluding hydrogens is 358 g/mol. The average molecular weight is 381 g/mol. The van der Waals surface area contributed by atoms with Crippen LogP contribution in [-0.4, -0.2) is 59.5 Å². The topological polar surface area (TPSA) is 90.0 Å². The number of ether oxygens (including phenoxy) is 2. The van der Waals surface area contributed by atoms with Crippen molar-refractivity contribution in [3.63, 3.8) is 0 Å². The number of piperidine rings is 1. The molecule has 0 unspecified atom stereocenters. The number of rotatable bonds is 6. The van der Waals surface area contributed by atoms with Gasteiger partial charge >= 0.3 is 11.9 Å². The second kappa shape index (κ2) is 9.47. The zero-order valence-corrected chi connectivity index (χ0v) is 15.8. The van der Waals surface area contributed by atoms with Crippen LogP contribution in [0.2, 0.25) is 0 Å². The maximum absolute atomic E-state index is 12.2.